The van der Waals surface area contributed by atoms with Gasteiger partial charge in [-0.2, -0.15) is 10.1 Å². The zero-order chi connectivity index (χ0) is 17.1. The summed E-state index contributed by atoms with van der Waals surface area (Å²) in [7, 11) is 0. The van der Waals surface area contributed by atoms with Gasteiger partial charge < -0.3 is 11.1 Å². The minimum atomic E-state index is 0.153. The molecule has 3 aromatic rings. The van der Waals surface area contributed by atoms with Crippen LogP contribution in [0.2, 0.25) is 10.0 Å². The molecule has 7 nitrogen and oxygen atoms in total. The molecular weight excluding hydrogens is 349 g/mol. The van der Waals surface area contributed by atoms with Crippen LogP contribution in [0.4, 0.5) is 11.8 Å². The van der Waals surface area contributed by atoms with Crippen molar-refractivity contribution in [2.75, 3.05) is 17.6 Å². The second-order valence-corrected chi connectivity index (χ2v) is 5.90. The van der Waals surface area contributed by atoms with E-state index in [0.717, 1.165) is 11.6 Å². The van der Waals surface area contributed by atoms with Crippen LogP contribution in [0.15, 0.2) is 24.3 Å². The Hall–Kier alpha value is -2.38. The van der Waals surface area contributed by atoms with Gasteiger partial charge in [0.05, 0.1) is 15.7 Å². The number of rotatable bonds is 5. The van der Waals surface area contributed by atoms with Gasteiger partial charge in [-0.05, 0) is 13.0 Å². The van der Waals surface area contributed by atoms with Crippen molar-refractivity contribution in [2.45, 2.75) is 13.3 Å². The Labute approximate surface area is 148 Å². The number of aryl methyl sites for hydroxylation is 1. The summed E-state index contributed by atoms with van der Waals surface area (Å²) in [5, 5.41) is 11.0. The summed E-state index contributed by atoms with van der Waals surface area (Å²) in [5.74, 6) is 2.27. The molecule has 0 saturated heterocycles. The molecular formula is C15H15Cl2N7. The predicted octanol–water partition coefficient (Wildman–Crippen LogP) is 3.11. The molecule has 24 heavy (non-hydrogen) atoms. The molecule has 0 aliphatic rings. The third kappa shape index (κ3) is 3.74. The predicted molar refractivity (Wildman–Crippen MR) is 95.2 cm³/mol. The maximum absolute atomic E-state index is 6.25. The van der Waals surface area contributed by atoms with Gasteiger partial charge in [-0.1, -0.05) is 35.3 Å². The molecule has 1 aromatic carbocycles. The molecule has 0 amide bonds. The molecule has 4 N–H and O–H groups in total. The lowest BCUT2D eigenvalue weighted by atomic mass is 10.1. The van der Waals surface area contributed by atoms with Crippen molar-refractivity contribution < 1.29 is 0 Å². The van der Waals surface area contributed by atoms with E-state index in [-0.39, 0.29) is 5.95 Å². The average Bonchev–Trinajstić information content (AvgIpc) is 2.95. The number of aromatic nitrogens is 5. The molecule has 9 heteroatoms. The summed E-state index contributed by atoms with van der Waals surface area (Å²) in [6.07, 6.45) is 0.654. The standard InChI is InChI=1S/C15H15Cl2N7/c1-8-20-12(24-23-8)5-6-19-13-7-11(21-15(18)22-13)9-3-2-4-10(16)14(9)17/h2-4,7H,5-6H2,1H3,(H,20,23,24)(H3,18,19,21,22). The van der Waals surface area contributed by atoms with E-state index in [2.05, 4.69) is 30.5 Å². The normalized spacial score (nSPS) is 10.8. The minimum Gasteiger partial charge on any atom is -0.369 e. The first-order chi connectivity index (χ1) is 11.5. The van der Waals surface area contributed by atoms with Crippen molar-refractivity contribution in [3.63, 3.8) is 0 Å². The van der Waals surface area contributed by atoms with Gasteiger partial charge in [0, 0.05) is 24.6 Å². The number of aromatic amines is 1. The van der Waals surface area contributed by atoms with Gasteiger partial charge in [0.15, 0.2) is 5.82 Å². The maximum Gasteiger partial charge on any atom is 0.222 e. The summed E-state index contributed by atoms with van der Waals surface area (Å²) in [6.45, 7) is 2.46. The van der Waals surface area contributed by atoms with Gasteiger partial charge >= 0.3 is 0 Å². The highest BCUT2D eigenvalue weighted by Crippen LogP contribution is 2.33. The Morgan fingerprint density at radius 3 is 2.79 bits per heavy atom. The fourth-order valence-electron chi connectivity index (χ4n) is 2.20. The first-order valence-electron chi connectivity index (χ1n) is 7.23. The molecule has 2 heterocycles. The molecule has 0 aliphatic carbocycles. The van der Waals surface area contributed by atoms with Gasteiger partial charge in [0.1, 0.15) is 11.6 Å². The Morgan fingerprint density at radius 2 is 2.04 bits per heavy atom. The monoisotopic (exact) mass is 363 g/mol. The molecule has 0 spiro atoms. The second kappa shape index (κ2) is 7.02. The summed E-state index contributed by atoms with van der Waals surface area (Å²) in [4.78, 5) is 12.7. The van der Waals surface area contributed by atoms with E-state index in [1.165, 1.54) is 0 Å². The fraction of sp³-hybridized carbons (Fsp3) is 0.200. The van der Waals surface area contributed by atoms with Gasteiger partial charge in [-0.15, -0.1) is 0 Å². The lowest BCUT2D eigenvalue weighted by Crippen LogP contribution is -2.09. The molecule has 0 bridgehead atoms. The number of hydrogen-bond acceptors (Lipinski definition) is 6. The highest BCUT2D eigenvalue weighted by molar-refractivity contribution is 6.43. The maximum atomic E-state index is 6.25. The molecule has 0 unspecified atom stereocenters. The number of nitrogen functional groups attached to an aromatic ring is 1. The van der Waals surface area contributed by atoms with Gasteiger partial charge in [-0.25, -0.2) is 9.97 Å². The molecule has 0 radical (unpaired) electrons. The van der Waals surface area contributed by atoms with Crippen LogP contribution in [0.3, 0.4) is 0 Å². The van der Waals surface area contributed by atoms with E-state index in [9.17, 15) is 0 Å². The van der Waals surface area contributed by atoms with Crippen LogP contribution in [0, 0.1) is 6.92 Å². The number of nitrogens with zero attached hydrogens (tertiary/aromatic N) is 4. The van der Waals surface area contributed by atoms with E-state index < -0.39 is 0 Å². The van der Waals surface area contributed by atoms with E-state index in [0.29, 0.717) is 40.1 Å². The zero-order valence-electron chi connectivity index (χ0n) is 12.8. The Bertz CT molecular complexity index is 863. The van der Waals surface area contributed by atoms with E-state index in [1.807, 2.05) is 13.0 Å². The molecule has 3 rings (SSSR count). The fourth-order valence-corrected chi connectivity index (χ4v) is 2.60. The summed E-state index contributed by atoms with van der Waals surface area (Å²) in [5.41, 5.74) is 7.11. The number of hydrogen-bond donors (Lipinski definition) is 3. The van der Waals surface area contributed by atoms with Crippen molar-refractivity contribution >= 4 is 35.0 Å². The Kier molecular flexibility index (Phi) is 4.82. The molecule has 0 saturated carbocycles. The van der Waals surface area contributed by atoms with Gasteiger partial charge in [-0.3, -0.25) is 5.10 Å². The Balaban J connectivity index is 1.77. The Morgan fingerprint density at radius 1 is 1.21 bits per heavy atom. The minimum absolute atomic E-state index is 0.153. The van der Waals surface area contributed by atoms with Gasteiger partial charge in [0.25, 0.3) is 0 Å². The third-order valence-corrected chi connectivity index (χ3v) is 4.09. The average molecular weight is 364 g/mol. The molecule has 0 atom stereocenters. The number of nitrogens with two attached hydrogens (primary N) is 1. The summed E-state index contributed by atoms with van der Waals surface area (Å²) < 4.78 is 0. The quantitative estimate of drug-likeness (QED) is 0.642. The van der Waals surface area contributed by atoms with Crippen LogP contribution in [0.25, 0.3) is 11.3 Å². The lowest BCUT2D eigenvalue weighted by molar-refractivity contribution is 0.896. The highest BCUT2D eigenvalue weighted by atomic mass is 35.5. The van der Waals surface area contributed by atoms with E-state index in [1.54, 1.807) is 18.2 Å². The van der Waals surface area contributed by atoms with Crippen molar-refractivity contribution in [2.24, 2.45) is 0 Å². The van der Waals surface area contributed by atoms with Crippen molar-refractivity contribution in [3.8, 4) is 11.3 Å². The molecule has 0 aliphatic heterocycles. The van der Waals surface area contributed by atoms with E-state index in [4.69, 9.17) is 28.9 Å². The van der Waals surface area contributed by atoms with Crippen molar-refractivity contribution in [1.29, 1.82) is 0 Å². The van der Waals surface area contributed by atoms with Crippen LogP contribution in [-0.2, 0) is 6.42 Å². The van der Waals surface area contributed by atoms with Crippen molar-refractivity contribution in [3.05, 3.63) is 46.0 Å². The first-order valence-corrected chi connectivity index (χ1v) is 7.99. The number of halogens is 2. The van der Waals surface area contributed by atoms with Crippen LogP contribution in [-0.4, -0.2) is 31.7 Å². The van der Waals surface area contributed by atoms with Crippen LogP contribution < -0.4 is 11.1 Å². The second-order valence-electron chi connectivity index (χ2n) is 5.11. The van der Waals surface area contributed by atoms with Crippen LogP contribution in [0.1, 0.15) is 11.6 Å². The van der Waals surface area contributed by atoms with E-state index >= 15 is 0 Å². The molecule has 124 valence electrons. The first kappa shape index (κ1) is 16.5. The molecule has 0 fully saturated rings. The number of H-pyrrole nitrogens is 1. The SMILES string of the molecule is Cc1nc(CCNc2cc(-c3cccc(Cl)c3Cl)nc(N)n2)n[nH]1. The smallest absolute Gasteiger partial charge is 0.222 e. The number of benzene rings is 1. The topological polar surface area (TPSA) is 105 Å². The number of anilines is 2. The lowest BCUT2D eigenvalue weighted by Gasteiger charge is -2.09. The number of nitrogens with one attached hydrogen (secondary N) is 2. The van der Waals surface area contributed by atoms with Crippen LogP contribution >= 0.6 is 23.2 Å². The molecule has 2 aromatic heterocycles. The van der Waals surface area contributed by atoms with Crippen molar-refractivity contribution in [1.82, 2.24) is 25.1 Å². The third-order valence-electron chi connectivity index (χ3n) is 3.27. The highest BCUT2D eigenvalue weighted by Gasteiger charge is 2.11. The largest absolute Gasteiger partial charge is 0.369 e. The van der Waals surface area contributed by atoms with Crippen LogP contribution in [0.5, 0.6) is 0 Å². The summed E-state index contributed by atoms with van der Waals surface area (Å²) >= 11 is 12.3. The van der Waals surface area contributed by atoms with Gasteiger partial charge in [0.2, 0.25) is 5.95 Å². The zero-order valence-corrected chi connectivity index (χ0v) is 14.4. The summed E-state index contributed by atoms with van der Waals surface area (Å²) in [6, 6.07) is 7.13.